The molecule has 0 bridgehead atoms. The molecule has 16 heavy (non-hydrogen) atoms. The lowest BCUT2D eigenvalue weighted by molar-refractivity contribution is 0.0693. The number of aromatic nitrogens is 2. The molecule has 1 aliphatic rings. The first-order chi connectivity index (χ1) is 7.68. The molecule has 0 aromatic carbocycles. The predicted molar refractivity (Wildman–Crippen MR) is 55.8 cm³/mol. The second-order valence-corrected chi connectivity index (χ2v) is 4.01. The second kappa shape index (κ2) is 2.98. The molecule has 2 heterocycles. The highest BCUT2D eigenvalue weighted by atomic mass is 16.4. The van der Waals surface area contributed by atoms with Gasteiger partial charge in [0.05, 0.1) is 0 Å². The monoisotopic (exact) mass is 218 g/mol. The minimum Gasteiger partial charge on any atom is -0.506 e. The summed E-state index contributed by atoms with van der Waals surface area (Å²) >= 11 is 0. The lowest BCUT2D eigenvalue weighted by Crippen LogP contribution is -1.97. The fraction of sp³-hybridized carbons (Fsp3) is 0.273. The van der Waals surface area contributed by atoms with E-state index in [-0.39, 0.29) is 17.0 Å². The summed E-state index contributed by atoms with van der Waals surface area (Å²) in [6, 6.07) is 3.15. The van der Waals surface area contributed by atoms with Gasteiger partial charge in [-0.1, -0.05) is 0 Å². The molecule has 0 aliphatic heterocycles. The van der Waals surface area contributed by atoms with Crippen molar-refractivity contribution in [1.29, 1.82) is 0 Å². The van der Waals surface area contributed by atoms with Crippen LogP contribution >= 0.6 is 0 Å². The van der Waals surface area contributed by atoms with Crippen LogP contribution < -0.4 is 0 Å². The summed E-state index contributed by atoms with van der Waals surface area (Å²) in [5.41, 5.74) is 0.219. The number of carboxylic acids is 1. The minimum absolute atomic E-state index is 0.0423. The highest BCUT2D eigenvalue weighted by Gasteiger charge is 2.31. The number of hydrogen-bond donors (Lipinski definition) is 2. The number of carboxylic acid groups (broad SMARTS) is 1. The Hall–Kier alpha value is -2.04. The first-order valence-corrected chi connectivity index (χ1v) is 5.11. The summed E-state index contributed by atoms with van der Waals surface area (Å²) in [5.74, 6) is -0.0732. The molecule has 2 aromatic heterocycles. The van der Waals surface area contributed by atoms with Gasteiger partial charge in [-0.3, -0.25) is 4.40 Å². The van der Waals surface area contributed by atoms with Crippen molar-refractivity contribution < 1.29 is 15.0 Å². The van der Waals surface area contributed by atoms with Gasteiger partial charge in [-0.25, -0.2) is 9.78 Å². The van der Waals surface area contributed by atoms with Gasteiger partial charge < -0.3 is 10.2 Å². The van der Waals surface area contributed by atoms with E-state index in [9.17, 15) is 9.90 Å². The molecule has 5 nitrogen and oxygen atoms in total. The van der Waals surface area contributed by atoms with Crippen molar-refractivity contribution >= 4 is 11.5 Å². The standard InChI is InChI=1S/C11H10N2O3/c14-7-2-1-5-13-9(7)8(11(15)16)12-10(13)6-3-4-6/h1-2,5-6,14H,3-4H2,(H,15,16). The number of rotatable bonds is 2. The molecule has 2 aromatic rings. The number of imidazole rings is 1. The molecule has 0 atom stereocenters. The van der Waals surface area contributed by atoms with Gasteiger partial charge >= 0.3 is 5.97 Å². The van der Waals surface area contributed by atoms with Crippen LogP contribution in [0.2, 0.25) is 0 Å². The fourth-order valence-electron chi connectivity index (χ4n) is 1.92. The number of carbonyl (C=O) groups is 1. The number of fused-ring (bicyclic) bond motifs is 1. The smallest absolute Gasteiger partial charge is 0.356 e. The van der Waals surface area contributed by atoms with E-state index in [1.807, 2.05) is 0 Å². The SMILES string of the molecule is O=C(O)c1nc(C2CC2)n2cccc(O)c12. The molecule has 1 saturated carbocycles. The maximum atomic E-state index is 11.0. The van der Waals surface area contributed by atoms with Gasteiger partial charge in [0.1, 0.15) is 17.1 Å². The van der Waals surface area contributed by atoms with Gasteiger partial charge in [0.25, 0.3) is 0 Å². The Bertz CT molecular complexity index is 584. The van der Waals surface area contributed by atoms with Crippen LogP contribution in [0.15, 0.2) is 18.3 Å². The van der Waals surface area contributed by atoms with Crippen LogP contribution in [0.25, 0.3) is 5.52 Å². The van der Waals surface area contributed by atoms with E-state index in [4.69, 9.17) is 5.11 Å². The number of hydrogen-bond acceptors (Lipinski definition) is 3. The number of aromatic carboxylic acids is 1. The van der Waals surface area contributed by atoms with E-state index in [0.29, 0.717) is 5.92 Å². The fourth-order valence-corrected chi connectivity index (χ4v) is 1.92. The summed E-state index contributed by atoms with van der Waals surface area (Å²) in [5, 5.41) is 18.7. The third kappa shape index (κ3) is 1.18. The summed E-state index contributed by atoms with van der Waals surface area (Å²) in [7, 11) is 0. The maximum absolute atomic E-state index is 11.0. The first kappa shape index (κ1) is 9.21. The molecule has 3 rings (SSSR count). The Labute approximate surface area is 91.0 Å². The number of pyridine rings is 1. The van der Waals surface area contributed by atoms with Gasteiger partial charge in [0.2, 0.25) is 0 Å². The first-order valence-electron chi connectivity index (χ1n) is 5.11. The summed E-state index contributed by atoms with van der Waals surface area (Å²) < 4.78 is 1.68. The molecule has 1 aliphatic carbocycles. The highest BCUT2D eigenvalue weighted by molar-refractivity contribution is 5.95. The van der Waals surface area contributed by atoms with Gasteiger partial charge in [-0.2, -0.15) is 0 Å². The van der Waals surface area contributed by atoms with Gasteiger partial charge in [-0.15, -0.1) is 0 Å². The molecule has 82 valence electrons. The van der Waals surface area contributed by atoms with E-state index in [1.165, 1.54) is 6.07 Å². The topological polar surface area (TPSA) is 74.8 Å². The summed E-state index contributed by atoms with van der Waals surface area (Å²) in [6.45, 7) is 0. The molecule has 5 heteroatoms. The van der Waals surface area contributed by atoms with Crippen molar-refractivity contribution in [1.82, 2.24) is 9.38 Å². The Balaban J connectivity index is 2.37. The van der Waals surface area contributed by atoms with Crippen LogP contribution in [0.3, 0.4) is 0 Å². The Morgan fingerprint density at radius 1 is 1.50 bits per heavy atom. The zero-order valence-corrected chi connectivity index (χ0v) is 8.42. The van der Waals surface area contributed by atoms with Crippen LogP contribution in [0.5, 0.6) is 5.75 Å². The zero-order valence-electron chi connectivity index (χ0n) is 8.42. The molecular formula is C11H10N2O3. The lowest BCUT2D eigenvalue weighted by Gasteiger charge is -1.99. The Kier molecular flexibility index (Phi) is 1.71. The quantitative estimate of drug-likeness (QED) is 0.803. The van der Waals surface area contributed by atoms with Crippen molar-refractivity contribution in [2.24, 2.45) is 0 Å². The molecule has 1 fully saturated rings. The average Bonchev–Trinajstić information content (AvgIpc) is 2.99. The van der Waals surface area contributed by atoms with E-state index in [2.05, 4.69) is 4.98 Å². The van der Waals surface area contributed by atoms with Crippen molar-refractivity contribution in [3.05, 3.63) is 29.8 Å². The van der Waals surface area contributed by atoms with Gasteiger partial charge in [-0.05, 0) is 25.0 Å². The van der Waals surface area contributed by atoms with E-state index >= 15 is 0 Å². The van der Waals surface area contributed by atoms with Crippen LogP contribution in [-0.2, 0) is 0 Å². The molecule has 0 amide bonds. The van der Waals surface area contributed by atoms with Crippen molar-refractivity contribution in [2.45, 2.75) is 18.8 Å². The maximum Gasteiger partial charge on any atom is 0.356 e. The van der Waals surface area contributed by atoms with Crippen LogP contribution in [-0.4, -0.2) is 25.6 Å². The third-order valence-corrected chi connectivity index (χ3v) is 2.82. The van der Waals surface area contributed by atoms with Crippen LogP contribution in [0, 0.1) is 0 Å². The number of aromatic hydroxyl groups is 1. The molecule has 0 unspecified atom stereocenters. The largest absolute Gasteiger partial charge is 0.506 e. The van der Waals surface area contributed by atoms with E-state index in [1.54, 1.807) is 16.7 Å². The van der Waals surface area contributed by atoms with Crippen LogP contribution in [0.1, 0.15) is 35.1 Å². The molecule has 2 N–H and O–H groups in total. The van der Waals surface area contributed by atoms with Crippen molar-refractivity contribution in [2.75, 3.05) is 0 Å². The molecule has 0 saturated heterocycles. The van der Waals surface area contributed by atoms with Crippen molar-refractivity contribution in [3.8, 4) is 5.75 Å². The number of nitrogens with zero attached hydrogens (tertiary/aromatic N) is 2. The predicted octanol–water partition coefficient (Wildman–Crippen LogP) is 1.62. The highest BCUT2D eigenvalue weighted by Crippen LogP contribution is 2.40. The lowest BCUT2D eigenvalue weighted by atomic mass is 10.3. The van der Waals surface area contributed by atoms with Gasteiger partial charge in [0.15, 0.2) is 5.69 Å². The summed E-state index contributed by atoms with van der Waals surface area (Å²) in [4.78, 5) is 15.2. The van der Waals surface area contributed by atoms with Crippen molar-refractivity contribution in [3.63, 3.8) is 0 Å². The minimum atomic E-state index is -1.11. The molecular weight excluding hydrogens is 208 g/mol. The normalized spacial score (nSPS) is 15.5. The van der Waals surface area contributed by atoms with E-state index in [0.717, 1.165) is 18.7 Å². The Morgan fingerprint density at radius 2 is 2.25 bits per heavy atom. The average molecular weight is 218 g/mol. The second-order valence-electron chi connectivity index (χ2n) is 4.01. The zero-order chi connectivity index (χ0) is 11.3. The van der Waals surface area contributed by atoms with Gasteiger partial charge in [0, 0.05) is 12.1 Å². The summed E-state index contributed by atoms with van der Waals surface area (Å²) in [6.07, 6.45) is 3.81. The molecule has 0 radical (unpaired) electrons. The molecule has 0 spiro atoms. The Morgan fingerprint density at radius 3 is 2.88 bits per heavy atom. The van der Waals surface area contributed by atoms with Crippen LogP contribution in [0.4, 0.5) is 0 Å². The third-order valence-electron chi connectivity index (χ3n) is 2.82. The van der Waals surface area contributed by atoms with E-state index < -0.39 is 5.97 Å².